The highest BCUT2D eigenvalue weighted by molar-refractivity contribution is 9.10. The number of ether oxygens (including phenoxy) is 1. The maximum atomic E-state index is 12.9. The van der Waals surface area contributed by atoms with Crippen LogP contribution in [0.25, 0.3) is 0 Å². The van der Waals surface area contributed by atoms with Crippen molar-refractivity contribution in [3.05, 3.63) is 44.6 Å². The van der Waals surface area contributed by atoms with Crippen LogP contribution in [0.2, 0.25) is 0 Å². The number of nitrogen functional groups attached to an aromatic ring is 1. The van der Waals surface area contributed by atoms with Gasteiger partial charge in [0.2, 0.25) is 0 Å². The van der Waals surface area contributed by atoms with Crippen molar-refractivity contribution in [3.8, 4) is 5.75 Å². The lowest BCUT2D eigenvalue weighted by Gasteiger charge is -2.39. The van der Waals surface area contributed by atoms with Gasteiger partial charge in [0.05, 0.1) is 12.7 Å². The molecule has 0 spiro atoms. The summed E-state index contributed by atoms with van der Waals surface area (Å²) in [5.41, 5.74) is 8.38. The molecular formula is C20H24BrN3O2S. The highest BCUT2D eigenvalue weighted by atomic mass is 79.9. The number of nitrogens with zero attached hydrogens (tertiary/aromatic N) is 1. The van der Waals surface area contributed by atoms with Crippen LogP contribution in [-0.2, 0) is 6.54 Å². The fourth-order valence-electron chi connectivity index (χ4n) is 4.42. The lowest BCUT2D eigenvalue weighted by Crippen LogP contribution is -2.50. The van der Waals surface area contributed by atoms with Gasteiger partial charge < -0.3 is 15.8 Å². The van der Waals surface area contributed by atoms with Gasteiger partial charge >= 0.3 is 0 Å². The van der Waals surface area contributed by atoms with Crippen molar-refractivity contribution in [3.63, 3.8) is 0 Å². The van der Waals surface area contributed by atoms with Crippen LogP contribution in [0.5, 0.6) is 5.75 Å². The van der Waals surface area contributed by atoms with Crippen LogP contribution in [0.15, 0.2) is 33.4 Å². The number of amides is 1. The number of fused-ring (bicyclic) bond motifs is 2. The first kappa shape index (κ1) is 18.8. The van der Waals surface area contributed by atoms with Gasteiger partial charge in [-0.3, -0.25) is 9.69 Å². The molecule has 3 heterocycles. The lowest BCUT2D eigenvalue weighted by molar-refractivity contribution is 0.0825. The Labute approximate surface area is 172 Å². The zero-order valence-electron chi connectivity index (χ0n) is 15.3. The minimum Gasteiger partial charge on any atom is -0.496 e. The van der Waals surface area contributed by atoms with E-state index < -0.39 is 0 Å². The highest BCUT2D eigenvalue weighted by Gasteiger charge is 2.41. The summed E-state index contributed by atoms with van der Waals surface area (Å²) in [5.74, 6) is 0.411. The summed E-state index contributed by atoms with van der Waals surface area (Å²) in [6.45, 7) is 1.03. The molecule has 0 aliphatic carbocycles. The average molecular weight is 450 g/mol. The van der Waals surface area contributed by atoms with Crippen LogP contribution < -0.4 is 15.8 Å². The highest BCUT2D eigenvalue weighted by Crippen LogP contribution is 2.37. The number of nitrogens with one attached hydrogen (secondary N) is 1. The number of carbonyl (C=O) groups is 1. The molecule has 0 saturated carbocycles. The average Bonchev–Trinajstić information content (AvgIpc) is 3.23. The van der Waals surface area contributed by atoms with E-state index in [0.29, 0.717) is 33.6 Å². The first-order valence-corrected chi connectivity index (χ1v) is 11.0. The molecule has 144 valence electrons. The third kappa shape index (κ3) is 3.86. The van der Waals surface area contributed by atoms with Gasteiger partial charge in [-0.1, -0.05) is 0 Å². The summed E-state index contributed by atoms with van der Waals surface area (Å²) in [6, 6.07) is 6.94. The number of nitrogens with two attached hydrogens (primary N) is 1. The number of methoxy groups -OCH3 is 1. The van der Waals surface area contributed by atoms with Crippen molar-refractivity contribution in [2.75, 3.05) is 12.8 Å². The molecule has 1 aromatic heterocycles. The van der Waals surface area contributed by atoms with E-state index in [4.69, 9.17) is 10.5 Å². The summed E-state index contributed by atoms with van der Waals surface area (Å²) in [5, 5.41) is 7.61. The van der Waals surface area contributed by atoms with Gasteiger partial charge in [-0.25, -0.2) is 0 Å². The van der Waals surface area contributed by atoms with Crippen LogP contribution >= 0.6 is 27.3 Å². The second kappa shape index (κ2) is 7.81. The number of piperidine rings is 1. The number of thiophene rings is 1. The smallest absolute Gasteiger partial charge is 0.255 e. The molecule has 5 nitrogen and oxygen atoms in total. The molecule has 4 rings (SSSR count). The zero-order chi connectivity index (χ0) is 19.0. The molecule has 2 unspecified atom stereocenters. The Morgan fingerprint density at radius 3 is 2.74 bits per heavy atom. The van der Waals surface area contributed by atoms with Gasteiger partial charge in [0.1, 0.15) is 5.75 Å². The third-order valence-electron chi connectivity index (χ3n) is 5.73. The number of halogens is 1. The first-order valence-electron chi connectivity index (χ1n) is 9.26. The van der Waals surface area contributed by atoms with Gasteiger partial charge in [0.25, 0.3) is 5.91 Å². The Kier molecular flexibility index (Phi) is 5.43. The SMILES string of the molecule is COc1cc(N)c(Br)cc1C(=O)NC1CC2CCC(C1)N2Cc1ccsc1. The second-order valence-electron chi connectivity index (χ2n) is 7.40. The number of hydrogen-bond donors (Lipinski definition) is 2. The number of anilines is 1. The minimum absolute atomic E-state index is 0.0942. The van der Waals surface area contributed by atoms with E-state index in [0.717, 1.165) is 19.4 Å². The van der Waals surface area contributed by atoms with E-state index >= 15 is 0 Å². The molecule has 2 atom stereocenters. The summed E-state index contributed by atoms with van der Waals surface area (Å²) in [6.07, 6.45) is 4.45. The normalized spacial score (nSPS) is 24.7. The summed E-state index contributed by atoms with van der Waals surface area (Å²) < 4.78 is 6.06. The molecule has 27 heavy (non-hydrogen) atoms. The van der Waals surface area contributed by atoms with Crippen LogP contribution in [0.1, 0.15) is 41.6 Å². The quantitative estimate of drug-likeness (QED) is 0.676. The van der Waals surface area contributed by atoms with E-state index in [1.165, 1.54) is 18.4 Å². The maximum absolute atomic E-state index is 12.9. The number of carbonyl (C=O) groups excluding carboxylic acids is 1. The van der Waals surface area contributed by atoms with Crippen molar-refractivity contribution in [2.45, 2.75) is 50.4 Å². The molecule has 2 saturated heterocycles. The molecule has 0 radical (unpaired) electrons. The van der Waals surface area contributed by atoms with E-state index in [9.17, 15) is 4.79 Å². The minimum atomic E-state index is -0.0942. The van der Waals surface area contributed by atoms with E-state index in [1.807, 2.05) is 0 Å². The van der Waals surface area contributed by atoms with E-state index in [1.54, 1.807) is 30.6 Å². The molecule has 2 aliphatic rings. The van der Waals surface area contributed by atoms with Crippen molar-refractivity contribution >= 4 is 38.9 Å². The van der Waals surface area contributed by atoms with Crippen molar-refractivity contribution in [1.82, 2.24) is 10.2 Å². The topological polar surface area (TPSA) is 67.6 Å². The van der Waals surface area contributed by atoms with Crippen molar-refractivity contribution in [2.24, 2.45) is 0 Å². The molecular weight excluding hydrogens is 426 g/mol. The first-order chi connectivity index (χ1) is 13.0. The largest absolute Gasteiger partial charge is 0.496 e. The van der Waals surface area contributed by atoms with E-state index in [-0.39, 0.29) is 11.9 Å². The Morgan fingerprint density at radius 1 is 1.37 bits per heavy atom. The maximum Gasteiger partial charge on any atom is 0.255 e. The third-order valence-corrected chi connectivity index (χ3v) is 7.15. The van der Waals surface area contributed by atoms with Crippen LogP contribution in [0.4, 0.5) is 5.69 Å². The monoisotopic (exact) mass is 449 g/mol. The Hall–Kier alpha value is -1.57. The number of rotatable bonds is 5. The molecule has 2 aliphatic heterocycles. The number of benzene rings is 1. The van der Waals surface area contributed by atoms with Gasteiger partial charge in [-0.15, -0.1) is 0 Å². The molecule has 1 amide bonds. The summed E-state index contributed by atoms with van der Waals surface area (Å²) in [4.78, 5) is 15.5. The fraction of sp³-hybridized carbons (Fsp3) is 0.450. The second-order valence-corrected chi connectivity index (χ2v) is 9.04. The Bertz CT molecular complexity index is 813. The summed E-state index contributed by atoms with van der Waals surface area (Å²) in [7, 11) is 1.56. The van der Waals surface area contributed by atoms with Crippen LogP contribution in [0, 0.1) is 0 Å². The molecule has 2 aromatic rings. The predicted molar refractivity (Wildman–Crippen MR) is 112 cm³/mol. The van der Waals surface area contributed by atoms with Crippen molar-refractivity contribution in [1.29, 1.82) is 0 Å². The Morgan fingerprint density at radius 2 is 2.11 bits per heavy atom. The fourth-order valence-corrected chi connectivity index (χ4v) is 5.43. The lowest BCUT2D eigenvalue weighted by atomic mass is 9.96. The summed E-state index contributed by atoms with van der Waals surface area (Å²) >= 11 is 5.16. The van der Waals surface area contributed by atoms with Gasteiger partial charge in [-0.2, -0.15) is 11.3 Å². The van der Waals surface area contributed by atoms with Gasteiger partial charge in [-0.05, 0) is 70.1 Å². The zero-order valence-corrected chi connectivity index (χ0v) is 17.7. The molecule has 2 fully saturated rings. The molecule has 1 aromatic carbocycles. The number of hydrogen-bond acceptors (Lipinski definition) is 5. The predicted octanol–water partition coefficient (Wildman–Crippen LogP) is 4.03. The Balaban J connectivity index is 1.43. The van der Waals surface area contributed by atoms with E-state index in [2.05, 4.69) is 43.0 Å². The molecule has 2 bridgehead atoms. The van der Waals surface area contributed by atoms with Crippen LogP contribution in [0.3, 0.4) is 0 Å². The standard InChI is InChI=1S/C20H24BrN3O2S/c1-26-19-9-18(22)17(21)8-16(19)20(25)23-13-6-14-2-3-15(7-13)24(14)10-12-4-5-27-11-12/h4-5,8-9,11,13-15H,2-3,6-7,10,22H2,1H3,(H,23,25). The van der Waals surface area contributed by atoms with Gasteiger partial charge in [0, 0.05) is 40.9 Å². The van der Waals surface area contributed by atoms with Crippen LogP contribution in [-0.4, -0.2) is 36.0 Å². The molecule has 7 heteroatoms. The molecule has 3 N–H and O–H groups in total. The van der Waals surface area contributed by atoms with Gasteiger partial charge in [0.15, 0.2) is 0 Å². The van der Waals surface area contributed by atoms with Crippen molar-refractivity contribution < 1.29 is 9.53 Å².